The van der Waals surface area contributed by atoms with Crippen LogP contribution in [0.3, 0.4) is 0 Å². The van der Waals surface area contributed by atoms with Crippen molar-refractivity contribution in [1.29, 1.82) is 0 Å². The molecule has 0 heterocycles. The van der Waals surface area contributed by atoms with Crippen molar-refractivity contribution in [3.05, 3.63) is 0 Å². The molecule has 17 nitrogen and oxygen atoms in total. The van der Waals surface area contributed by atoms with Crippen molar-refractivity contribution in [3.63, 3.8) is 0 Å². The lowest BCUT2D eigenvalue weighted by molar-refractivity contribution is -0.161. The second-order valence-electron chi connectivity index (χ2n) is 27.3. The first-order chi connectivity index (χ1) is 45.6. The van der Waals surface area contributed by atoms with Crippen LogP contribution in [0, 0.1) is 5.92 Å². The molecule has 0 spiro atoms. The van der Waals surface area contributed by atoms with E-state index in [9.17, 15) is 43.2 Å². The van der Waals surface area contributed by atoms with Crippen LogP contribution in [0.4, 0.5) is 0 Å². The van der Waals surface area contributed by atoms with E-state index < -0.39 is 97.5 Å². The predicted molar refractivity (Wildman–Crippen MR) is 382 cm³/mol. The summed E-state index contributed by atoms with van der Waals surface area (Å²) in [7, 11) is -9.91. The monoisotopic (exact) mass is 1380 g/mol. The zero-order chi connectivity index (χ0) is 69.1. The number of aliphatic hydroxyl groups excluding tert-OH is 1. The van der Waals surface area contributed by atoms with Crippen molar-refractivity contribution in [1.82, 2.24) is 0 Å². The van der Waals surface area contributed by atoms with Crippen molar-refractivity contribution in [2.24, 2.45) is 5.92 Å². The minimum absolute atomic E-state index is 0.106. The number of carbonyl (C=O) groups is 4. The van der Waals surface area contributed by atoms with Crippen LogP contribution in [0.25, 0.3) is 0 Å². The van der Waals surface area contributed by atoms with Crippen molar-refractivity contribution in [3.8, 4) is 0 Å². The SMILES string of the molecule is CCCCCCCCCCCCCCCCCCC(=O)OC[C@H](COP(=O)(O)OC[C@@H](O)COP(=O)(O)OC[C@@H](COC(=O)CCCCCCCCCCCC)OC(=O)CCCCCCCCCCC(C)CC)OC(=O)CCCCCCCCCCCCCCCCCC. The number of hydrogen-bond acceptors (Lipinski definition) is 15. The van der Waals surface area contributed by atoms with Crippen molar-refractivity contribution < 1.29 is 80.2 Å². The summed E-state index contributed by atoms with van der Waals surface area (Å²) in [5, 5.41) is 10.6. The van der Waals surface area contributed by atoms with Gasteiger partial charge in [-0.05, 0) is 31.6 Å². The fourth-order valence-corrected chi connectivity index (χ4v) is 13.1. The third-order valence-corrected chi connectivity index (χ3v) is 19.8. The first-order valence-corrected chi connectivity index (χ1v) is 42.2. The highest BCUT2D eigenvalue weighted by Gasteiger charge is 2.30. The average Bonchev–Trinajstić information content (AvgIpc) is 2.16. The summed E-state index contributed by atoms with van der Waals surface area (Å²) in [4.78, 5) is 72.8. The number of rotatable bonds is 75. The summed E-state index contributed by atoms with van der Waals surface area (Å²) in [6, 6.07) is 0. The molecule has 3 N–H and O–H groups in total. The van der Waals surface area contributed by atoms with Gasteiger partial charge in [-0.25, -0.2) is 9.13 Å². The van der Waals surface area contributed by atoms with Gasteiger partial charge in [0.1, 0.15) is 19.3 Å². The molecule has 94 heavy (non-hydrogen) atoms. The number of aliphatic hydroxyl groups is 1. The minimum atomic E-state index is -4.96. The molecule has 0 aliphatic heterocycles. The van der Waals surface area contributed by atoms with Gasteiger partial charge >= 0.3 is 39.5 Å². The van der Waals surface area contributed by atoms with Gasteiger partial charge < -0.3 is 33.8 Å². The van der Waals surface area contributed by atoms with Crippen LogP contribution in [-0.4, -0.2) is 96.7 Å². The Balaban J connectivity index is 5.24. The van der Waals surface area contributed by atoms with Crippen molar-refractivity contribution in [2.75, 3.05) is 39.6 Å². The molecule has 0 amide bonds. The lowest BCUT2D eigenvalue weighted by Gasteiger charge is -2.21. The van der Waals surface area contributed by atoms with E-state index in [1.165, 1.54) is 218 Å². The van der Waals surface area contributed by atoms with Crippen LogP contribution < -0.4 is 0 Å². The molecule has 0 rings (SSSR count). The number of unbranched alkanes of at least 4 members (excludes halogenated alkanes) is 46. The molecule has 6 atom stereocenters. The first-order valence-electron chi connectivity index (χ1n) is 39.2. The molecule has 0 fully saturated rings. The van der Waals surface area contributed by atoms with Gasteiger partial charge in [-0.3, -0.25) is 37.3 Å². The number of ether oxygens (including phenoxy) is 4. The second-order valence-corrected chi connectivity index (χ2v) is 30.2. The molecule has 0 aliphatic carbocycles. The number of carbonyl (C=O) groups excluding carboxylic acids is 4. The van der Waals surface area contributed by atoms with Crippen molar-refractivity contribution >= 4 is 39.5 Å². The van der Waals surface area contributed by atoms with E-state index in [2.05, 4.69) is 34.6 Å². The number of phosphoric ester groups is 2. The molecular weight excluding hydrogens is 1230 g/mol. The summed E-state index contributed by atoms with van der Waals surface area (Å²) >= 11 is 0. The van der Waals surface area contributed by atoms with E-state index in [4.69, 9.17) is 37.0 Å². The maximum Gasteiger partial charge on any atom is 0.472 e. The van der Waals surface area contributed by atoms with Gasteiger partial charge in [-0.15, -0.1) is 0 Å². The minimum Gasteiger partial charge on any atom is -0.462 e. The third-order valence-electron chi connectivity index (χ3n) is 17.9. The van der Waals surface area contributed by atoms with E-state index >= 15 is 0 Å². The first kappa shape index (κ1) is 92.1. The Morgan fingerprint density at radius 1 is 0.298 bits per heavy atom. The molecular formula is C75H146O17P2. The van der Waals surface area contributed by atoms with Gasteiger partial charge in [0.25, 0.3) is 0 Å². The number of phosphoric acid groups is 2. The average molecular weight is 1380 g/mol. The fourth-order valence-electron chi connectivity index (χ4n) is 11.5. The zero-order valence-electron chi connectivity index (χ0n) is 61.1. The van der Waals surface area contributed by atoms with Crippen LogP contribution in [0.5, 0.6) is 0 Å². The molecule has 3 unspecified atom stereocenters. The molecule has 0 aromatic rings. The third kappa shape index (κ3) is 67.3. The molecule has 0 aromatic carbocycles. The van der Waals surface area contributed by atoms with Crippen LogP contribution in [0.2, 0.25) is 0 Å². The predicted octanol–water partition coefficient (Wildman–Crippen LogP) is 22.1. The normalized spacial score (nSPS) is 14.3. The topological polar surface area (TPSA) is 237 Å². The maximum atomic E-state index is 13.1. The van der Waals surface area contributed by atoms with Crippen LogP contribution in [0.1, 0.15) is 394 Å². The number of hydrogen-bond donors (Lipinski definition) is 3. The van der Waals surface area contributed by atoms with Gasteiger partial charge in [-0.2, -0.15) is 0 Å². The summed E-state index contributed by atoms with van der Waals surface area (Å²) in [5.41, 5.74) is 0. The summed E-state index contributed by atoms with van der Waals surface area (Å²) < 4.78 is 68.5. The molecule has 0 aromatic heterocycles. The molecule has 0 saturated heterocycles. The molecule has 558 valence electrons. The zero-order valence-corrected chi connectivity index (χ0v) is 62.9. The van der Waals surface area contributed by atoms with E-state index in [1.54, 1.807) is 0 Å². The molecule has 19 heteroatoms. The van der Waals surface area contributed by atoms with Gasteiger partial charge in [0.15, 0.2) is 12.2 Å². The summed E-state index contributed by atoms with van der Waals surface area (Å²) in [6.07, 6.45) is 56.7. The highest BCUT2D eigenvalue weighted by atomic mass is 31.2. The molecule has 0 radical (unpaired) electrons. The molecule has 0 bridgehead atoms. The highest BCUT2D eigenvalue weighted by molar-refractivity contribution is 7.47. The smallest absolute Gasteiger partial charge is 0.462 e. The Hall–Kier alpha value is -1.94. The van der Waals surface area contributed by atoms with Gasteiger partial charge in [0.2, 0.25) is 0 Å². The lowest BCUT2D eigenvalue weighted by atomic mass is 9.99. The second kappa shape index (κ2) is 68.2. The maximum absolute atomic E-state index is 13.1. The van der Waals surface area contributed by atoms with Gasteiger partial charge in [-0.1, -0.05) is 343 Å². The largest absolute Gasteiger partial charge is 0.472 e. The summed E-state index contributed by atoms with van der Waals surface area (Å²) in [6.45, 7) is 7.28. The quantitative estimate of drug-likeness (QED) is 0.0222. The van der Waals surface area contributed by atoms with Gasteiger partial charge in [0, 0.05) is 25.7 Å². The fraction of sp³-hybridized carbons (Fsp3) is 0.947. The van der Waals surface area contributed by atoms with E-state index in [0.29, 0.717) is 25.7 Å². The van der Waals surface area contributed by atoms with Crippen LogP contribution in [0.15, 0.2) is 0 Å². The Kier molecular flexibility index (Phi) is 66.8. The lowest BCUT2D eigenvalue weighted by Crippen LogP contribution is -2.30. The van der Waals surface area contributed by atoms with Gasteiger partial charge in [0.05, 0.1) is 26.4 Å². The Labute approximate surface area is 575 Å². The Bertz CT molecular complexity index is 1810. The molecule has 0 saturated carbocycles. The van der Waals surface area contributed by atoms with E-state index in [1.807, 2.05) is 0 Å². The van der Waals surface area contributed by atoms with E-state index in [-0.39, 0.29) is 25.7 Å². The Morgan fingerprint density at radius 3 is 0.755 bits per heavy atom. The standard InChI is InChI=1S/C75H146O17P2/c1-6-10-13-16-19-22-25-27-29-31-33-35-38-44-49-54-59-73(78)86-64-70(91-74(79)60-55-50-45-39-36-34-32-30-28-26-23-20-17-14-11-7-2)66-89-93(81,82)87-62-69(76)63-88-94(83,84)90-67-71(65-85-72(77)58-53-48-43-37-24-21-18-15-12-8-3)92-75(80)61-56-51-46-41-40-42-47-52-57-68(5)9-4/h68-71,76H,6-67H2,1-5H3,(H,81,82)(H,83,84)/t68?,69-,70-,71-/m1/s1. The van der Waals surface area contributed by atoms with Crippen LogP contribution in [-0.2, 0) is 65.4 Å². The highest BCUT2D eigenvalue weighted by Crippen LogP contribution is 2.45. The summed E-state index contributed by atoms with van der Waals surface area (Å²) in [5.74, 6) is -1.34. The van der Waals surface area contributed by atoms with Crippen LogP contribution >= 0.6 is 15.6 Å². The van der Waals surface area contributed by atoms with Crippen molar-refractivity contribution in [2.45, 2.75) is 412 Å². The Morgan fingerprint density at radius 2 is 0.511 bits per heavy atom. The van der Waals surface area contributed by atoms with E-state index in [0.717, 1.165) is 95.8 Å². The number of esters is 4. The molecule has 0 aliphatic rings.